The van der Waals surface area contributed by atoms with Crippen molar-refractivity contribution in [3.8, 4) is 0 Å². The maximum Gasteiger partial charge on any atom is 0.190 e. The molecule has 0 aliphatic rings. The topological polar surface area (TPSA) is 42.2 Å². The summed E-state index contributed by atoms with van der Waals surface area (Å²) < 4.78 is 0. The van der Waals surface area contributed by atoms with Gasteiger partial charge in [-0.2, -0.15) is 0 Å². The van der Waals surface area contributed by atoms with Crippen molar-refractivity contribution in [3.05, 3.63) is 39.9 Å². The van der Waals surface area contributed by atoms with E-state index in [0.717, 1.165) is 15.7 Å². The van der Waals surface area contributed by atoms with Gasteiger partial charge in [-0.3, -0.25) is 0 Å². The molecule has 0 atom stereocenters. The minimum atomic E-state index is 0.560. The molecule has 0 fully saturated rings. The smallest absolute Gasteiger partial charge is 0.190 e. The zero-order valence-corrected chi connectivity index (χ0v) is 12.1. The average molecular weight is 261 g/mol. The van der Waals surface area contributed by atoms with Gasteiger partial charge < -0.3 is 10.6 Å². The summed E-state index contributed by atoms with van der Waals surface area (Å²) in [7, 11) is 2.05. The summed E-state index contributed by atoms with van der Waals surface area (Å²) in [5, 5.41) is 1.000. The van der Waals surface area contributed by atoms with Crippen molar-refractivity contribution in [2.45, 2.75) is 27.3 Å². The quantitative estimate of drug-likeness (QED) is 0.922. The number of aryl methyl sites for hydroxylation is 3. The molecule has 96 valence electrons. The van der Waals surface area contributed by atoms with E-state index in [4.69, 9.17) is 5.73 Å². The highest BCUT2D eigenvalue weighted by atomic mass is 32.1. The first-order chi connectivity index (χ1) is 8.52. The van der Waals surface area contributed by atoms with E-state index in [2.05, 4.69) is 49.0 Å². The molecule has 0 spiro atoms. The molecular weight excluding hydrogens is 242 g/mol. The lowest BCUT2D eigenvalue weighted by molar-refractivity contribution is 1.05. The summed E-state index contributed by atoms with van der Waals surface area (Å²) >= 11 is 1.67. The highest BCUT2D eigenvalue weighted by Gasteiger charge is 2.13. The molecule has 18 heavy (non-hydrogen) atoms. The van der Waals surface area contributed by atoms with E-state index in [-0.39, 0.29) is 0 Å². The lowest BCUT2D eigenvalue weighted by Crippen LogP contribution is -2.10. The van der Waals surface area contributed by atoms with Crippen LogP contribution in [0.15, 0.2) is 18.2 Å². The van der Waals surface area contributed by atoms with Gasteiger partial charge >= 0.3 is 0 Å². The number of rotatable bonds is 3. The lowest BCUT2D eigenvalue weighted by atomic mass is 10.1. The van der Waals surface area contributed by atoms with Gasteiger partial charge in [0.25, 0.3) is 0 Å². The van der Waals surface area contributed by atoms with Gasteiger partial charge in [0.15, 0.2) is 5.13 Å². The van der Waals surface area contributed by atoms with E-state index in [0.29, 0.717) is 6.54 Å². The Bertz CT molecular complexity index is 560. The molecule has 2 N–H and O–H groups in total. The minimum absolute atomic E-state index is 0.560. The third-order valence-corrected chi connectivity index (χ3v) is 4.32. The zero-order chi connectivity index (χ0) is 13.3. The van der Waals surface area contributed by atoms with Crippen LogP contribution in [0.1, 0.15) is 21.7 Å². The Morgan fingerprint density at radius 3 is 2.56 bits per heavy atom. The summed E-state index contributed by atoms with van der Waals surface area (Å²) in [5.74, 6) is 0. The molecule has 0 aliphatic heterocycles. The van der Waals surface area contributed by atoms with Crippen LogP contribution < -0.4 is 10.6 Å². The molecule has 4 heteroatoms. The van der Waals surface area contributed by atoms with Crippen LogP contribution >= 0.6 is 11.3 Å². The molecule has 2 aromatic rings. The van der Waals surface area contributed by atoms with E-state index >= 15 is 0 Å². The third-order valence-electron chi connectivity index (χ3n) is 3.07. The molecule has 1 heterocycles. The molecule has 3 nitrogen and oxygen atoms in total. The van der Waals surface area contributed by atoms with Gasteiger partial charge in [0.2, 0.25) is 0 Å². The van der Waals surface area contributed by atoms with Crippen LogP contribution in [0.5, 0.6) is 0 Å². The largest absolute Gasteiger partial charge is 0.326 e. The first-order valence-electron chi connectivity index (χ1n) is 6.00. The molecule has 2 rings (SSSR count). The Labute approximate surface area is 112 Å². The zero-order valence-electron chi connectivity index (χ0n) is 11.3. The predicted octanol–water partition coefficient (Wildman–Crippen LogP) is 3.29. The summed E-state index contributed by atoms with van der Waals surface area (Å²) in [6.45, 7) is 6.81. The number of hydrogen-bond acceptors (Lipinski definition) is 4. The van der Waals surface area contributed by atoms with E-state index < -0.39 is 0 Å². The Hall–Kier alpha value is -1.39. The van der Waals surface area contributed by atoms with Crippen molar-refractivity contribution < 1.29 is 0 Å². The van der Waals surface area contributed by atoms with Gasteiger partial charge in [0.05, 0.1) is 5.69 Å². The van der Waals surface area contributed by atoms with Crippen LogP contribution in [0.4, 0.5) is 10.8 Å². The summed E-state index contributed by atoms with van der Waals surface area (Å²) in [6.07, 6.45) is 0. The number of nitrogens with zero attached hydrogens (tertiary/aromatic N) is 2. The first kappa shape index (κ1) is 13.1. The summed E-state index contributed by atoms with van der Waals surface area (Å²) in [4.78, 5) is 7.87. The van der Waals surface area contributed by atoms with E-state index in [1.54, 1.807) is 11.3 Å². The second-order valence-electron chi connectivity index (χ2n) is 4.56. The van der Waals surface area contributed by atoms with Gasteiger partial charge in [-0.05, 0) is 32.4 Å². The molecule has 0 aliphatic carbocycles. The van der Waals surface area contributed by atoms with Crippen LogP contribution in [-0.4, -0.2) is 12.0 Å². The van der Waals surface area contributed by atoms with E-state index in [1.165, 1.54) is 16.8 Å². The second-order valence-corrected chi connectivity index (χ2v) is 5.62. The maximum absolute atomic E-state index is 5.70. The van der Waals surface area contributed by atoms with Crippen molar-refractivity contribution in [1.29, 1.82) is 0 Å². The Morgan fingerprint density at radius 1 is 1.28 bits per heavy atom. The molecule has 0 radical (unpaired) electrons. The van der Waals surface area contributed by atoms with Gasteiger partial charge in [0, 0.05) is 24.2 Å². The highest BCUT2D eigenvalue weighted by molar-refractivity contribution is 7.15. The van der Waals surface area contributed by atoms with Gasteiger partial charge in [-0.15, -0.1) is 0 Å². The van der Waals surface area contributed by atoms with Crippen LogP contribution in [0, 0.1) is 20.8 Å². The highest BCUT2D eigenvalue weighted by Crippen LogP contribution is 2.32. The van der Waals surface area contributed by atoms with Crippen molar-refractivity contribution >= 4 is 22.2 Å². The SMILES string of the molecule is Cc1ccc(N(C)c2nc(C)c(CN)s2)c(C)c1. The second kappa shape index (κ2) is 5.08. The fourth-order valence-corrected chi connectivity index (χ4v) is 2.95. The van der Waals surface area contributed by atoms with Crippen LogP contribution in [0.3, 0.4) is 0 Å². The van der Waals surface area contributed by atoms with Crippen LogP contribution in [-0.2, 0) is 6.54 Å². The fraction of sp³-hybridized carbons (Fsp3) is 0.357. The van der Waals surface area contributed by atoms with Crippen molar-refractivity contribution in [2.75, 3.05) is 11.9 Å². The molecule has 0 saturated carbocycles. The molecular formula is C14H19N3S. The summed E-state index contributed by atoms with van der Waals surface area (Å²) in [5.41, 5.74) is 10.5. The molecule has 0 unspecified atom stereocenters. The van der Waals surface area contributed by atoms with Crippen molar-refractivity contribution in [3.63, 3.8) is 0 Å². The van der Waals surface area contributed by atoms with Crippen molar-refractivity contribution in [1.82, 2.24) is 4.98 Å². The molecule has 0 amide bonds. The number of hydrogen-bond donors (Lipinski definition) is 1. The van der Waals surface area contributed by atoms with Gasteiger partial charge in [-0.1, -0.05) is 29.0 Å². The van der Waals surface area contributed by atoms with E-state index in [1.807, 2.05) is 6.92 Å². The Kier molecular flexibility index (Phi) is 3.68. The maximum atomic E-state index is 5.70. The number of benzene rings is 1. The number of aromatic nitrogens is 1. The van der Waals surface area contributed by atoms with Gasteiger partial charge in [0.1, 0.15) is 0 Å². The number of thiazole rings is 1. The number of anilines is 2. The standard InChI is InChI=1S/C14H19N3S/c1-9-5-6-12(10(2)7-9)17(4)14-16-11(3)13(8-15)18-14/h5-7H,8,15H2,1-4H3. The van der Waals surface area contributed by atoms with Gasteiger partial charge in [-0.25, -0.2) is 4.98 Å². The molecule has 0 saturated heterocycles. The van der Waals surface area contributed by atoms with Crippen LogP contribution in [0.2, 0.25) is 0 Å². The normalized spacial score (nSPS) is 10.7. The fourth-order valence-electron chi connectivity index (χ4n) is 2.03. The number of nitrogens with two attached hydrogens (primary N) is 1. The third kappa shape index (κ3) is 2.40. The average Bonchev–Trinajstić information content (AvgIpc) is 2.70. The Morgan fingerprint density at radius 2 is 2.00 bits per heavy atom. The molecule has 0 bridgehead atoms. The Balaban J connectivity index is 2.37. The first-order valence-corrected chi connectivity index (χ1v) is 6.82. The molecule has 1 aromatic carbocycles. The monoisotopic (exact) mass is 261 g/mol. The van der Waals surface area contributed by atoms with Crippen molar-refractivity contribution in [2.24, 2.45) is 5.73 Å². The minimum Gasteiger partial charge on any atom is -0.326 e. The van der Waals surface area contributed by atoms with Crippen LogP contribution in [0.25, 0.3) is 0 Å². The molecule has 1 aromatic heterocycles. The predicted molar refractivity (Wildman–Crippen MR) is 78.7 cm³/mol. The van der Waals surface area contributed by atoms with E-state index in [9.17, 15) is 0 Å². The summed E-state index contributed by atoms with van der Waals surface area (Å²) in [6, 6.07) is 6.46. The lowest BCUT2D eigenvalue weighted by Gasteiger charge is -2.18.